The van der Waals surface area contributed by atoms with Crippen molar-refractivity contribution in [2.45, 2.75) is 57.5 Å². The van der Waals surface area contributed by atoms with Crippen LogP contribution < -0.4 is 0 Å². The van der Waals surface area contributed by atoms with Crippen LogP contribution in [0.3, 0.4) is 0 Å². The average Bonchev–Trinajstić information content (AvgIpc) is 3.04. The first-order valence-electron chi connectivity index (χ1n) is 8.98. The molecule has 5 heteroatoms. The van der Waals surface area contributed by atoms with Crippen molar-refractivity contribution < 1.29 is 14.0 Å². The number of carbonyl (C=O) groups excluding carboxylic acids is 1. The number of hydrogen-bond donors (Lipinski definition) is 0. The number of rotatable bonds is 4. The zero-order valence-electron chi connectivity index (χ0n) is 16.1. The molecule has 0 spiro atoms. The van der Waals surface area contributed by atoms with Crippen molar-refractivity contribution in [3.05, 3.63) is 41.8 Å². The van der Waals surface area contributed by atoms with Crippen LogP contribution in [0, 0.1) is 0 Å². The molecule has 0 bridgehead atoms. The first-order chi connectivity index (χ1) is 11.7. The maximum absolute atomic E-state index is 13.0. The molecule has 2 heterocycles. The topological polar surface area (TPSA) is 38.8 Å². The van der Waals surface area contributed by atoms with Gasteiger partial charge in [-0.05, 0) is 23.7 Å². The van der Waals surface area contributed by atoms with E-state index in [-0.39, 0.29) is 23.0 Å². The number of ether oxygens (including phenoxy) is 1. The first-order valence-corrected chi connectivity index (χ1v) is 11.9. The van der Waals surface area contributed by atoms with Crippen molar-refractivity contribution in [1.82, 2.24) is 4.90 Å². The van der Waals surface area contributed by atoms with Gasteiger partial charge >= 0.3 is 0 Å². The average molecular weight is 360 g/mol. The van der Waals surface area contributed by atoms with E-state index in [1.54, 1.807) is 7.11 Å². The molecule has 2 atom stereocenters. The Morgan fingerprint density at radius 3 is 2.36 bits per heavy atom. The zero-order chi connectivity index (χ0) is 18.4. The molecule has 1 saturated heterocycles. The molecule has 4 nitrogen and oxygen atoms in total. The molecular weight excluding hydrogens is 330 g/mol. The third-order valence-corrected chi connectivity index (χ3v) is 10.3. The summed E-state index contributed by atoms with van der Waals surface area (Å²) in [5, 5.41) is 0.166. The van der Waals surface area contributed by atoms with Crippen LogP contribution >= 0.6 is 0 Å². The molecule has 136 valence electrons. The van der Waals surface area contributed by atoms with Crippen LogP contribution in [0.25, 0.3) is 5.57 Å². The van der Waals surface area contributed by atoms with Gasteiger partial charge in [-0.15, -0.1) is 0 Å². The molecule has 3 rings (SSSR count). The maximum atomic E-state index is 13.0. The number of fused-ring (bicyclic) bond motifs is 1. The lowest BCUT2D eigenvalue weighted by atomic mass is 9.99. The van der Waals surface area contributed by atoms with Crippen molar-refractivity contribution in [1.29, 1.82) is 0 Å². The Hall–Kier alpha value is -1.59. The van der Waals surface area contributed by atoms with Gasteiger partial charge in [-0.3, -0.25) is 4.79 Å². The Kier molecular flexibility index (Phi) is 4.58. The lowest BCUT2D eigenvalue weighted by Gasteiger charge is -2.38. The van der Waals surface area contributed by atoms with Gasteiger partial charge in [0.1, 0.15) is 0 Å². The van der Waals surface area contributed by atoms with Gasteiger partial charge in [0.15, 0.2) is 14.1 Å². The molecule has 0 aliphatic carbocycles. The number of carbonyl (C=O) groups is 1. The smallest absolute Gasteiger partial charge is 0.201 e. The molecule has 2 aliphatic rings. The van der Waals surface area contributed by atoms with Gasteiger partial charge in [-0.2, -0.15) is 0 Å². The summed E-state index contributed by atoms with van der Waals surface area (Å²) >= 11 is 0. The minimum atomic E-state index is -1.85. The lowest BCUT2D eigenvalue weighted by molar-refractivity contribution is -0.116. The third kappa shape index (κ3) is 3.15. The minimum absolute atomic E-state index is 0.0947. The lowest BCUT2D eigenvalue weighted by Crippen LogP contribution is -2.44. The van der Waals surface area contributed by atoms with Crippen molar-refractivity contribution in [2.75, 3.05) is 13.7 Å². The van der Waals surface area contributed by atoms with E-state index in [9.17, 15) is 4.79 Å². The summed E-state index contributed by atoms with van der Waals surface area (Å²) < 4.78 is 12.2. The van der Waals surface area contributed by atoms with Gasteiger partial charge in [0.2, 0.25) is 5.88 Å². The molecule has 0 N–H and O–H groups in total. The second-order valence-corrected chi connectivity index (χ2v) is 13.3. The molecular formula is C20H29NO3Si. The van der Waals surface area contributed by atoms with E-state index in [0.29, 0.717) is 11.5 Å². The minimum Gasteiger partial charge on any atom is -0.482 e. The van der Waals surface area contributed by atoms with Crippen LogP contribution in [-0.2, 0) is 14.0 Å². The molecule has 0 saturated carbocycles. The van der Waals surface area contributed by atoms with Gasteiger partial charge in [0.25, 0.3) is 0 Å². The Labute approximate surface area is 151 Å². The van der Waals surface area contributed by atoms with Gasteiger partial charge < -0.3 is 14.1 Å². The Morgan fingerprint density at radius 1 is 1.16 bits per heavy atom. The quantitative estimate of drug-likeness (QED) is 0.760. The SMILES string of the molecule is COC1=C(c2ccccc2)C(=O)[C@@H]2C[C@@H](O[Si](C)(C)C(C)(C)C)CN12. The Balaban J connectivity index is 1.84. The van der Waals surface area contributed by atoms with Gasteiger partial charge in [0.05, 0.1) is 24.8 Å². The highest BCUT2D eigenvalue weighted by molar-refractivity contribution is 6.74. The predicted octanol–water partition coefficient (Wildman–Crippen LogP) is 4.05. The number of hydrogen-bond acceptors (Lipinski definition) is 4. The second-order valence-electron chi connectivity index (χ2n) is 8.52. The number of Topliss-reactive ketones (excluding diaryl/α,β-unsaturated/α-hetero) is 1. The van der Waals surface area contributed by atoms with E-state index >= 15 is 0 Å². The molecule has 1 aromatic rings. The summed E-state index contributed by atoms with van der Waals surface area (Å²) in [6.45, 7) is 12.0. The van der Waals surface area contributed by atoms with Gasteiger partial charge in [-0.25, -0.2) is 0 Å². The summed E-state index contributed by atoms with van der Waals surface area (Å²) in [4.78, 5) is 15.1. The zero-order valence-corrected chi connectivity index (χ0v) is 17.1. The highest BCUT2D eigenvalue weighted by atomic mass is 28.4. The number of nitrogens with zero attached hydrogens (tertiary/aromatic N) is 1. The van der Waals surface area contributed by atoms with E-state index in [0.717, 1.165) is 18.5 Å². The first kappa shape index (κ1) is 18.2. The number of benzene rings is 1. The van der Waals surface area contributed by atoms with E-state index < -0.39 is 8.32 Å². The summed E-state index contributed by atoms with van der Waals surface area (Å²) in [5.74, 6) is 0.854. The van der Waals surface area contributed by atoms with Crippen LogP contribution in [0.2, 0.25) is 18.1 Å². The standard InChI is InChI=1S/C20H29NO3Si/c1-20(2,3)25(5,6)24-15-12-16-18(22)17(14-10-8-7-9-11-14)19(23-4)21(16)13-15/h7-11,15-16H,12-13H2,1-6H3/t15-,16+/m1/s1. The summed E-state index contributed by atoms with van der Waals surface area (Å²) in [5.41, 5.74) is 1.64. The molecule has 1 fully saturated rings. The van der Waals surface area contributed by atoms with Gasteiger partial charge in [-0.1, -0.05) is 51.1 Å². The fourth-order valence-electron chi connectivity index (χ4n) is 3.45. The highest BCUT2D eigenvalue weighted by Gasteiger charge is 2.49. The van der Waals surface area contributed by atoms with Crippen molar-refractivity contribution in [3.8, 4) is 0 Å². The van der Waals surface area contributed by atoms with Crippen molar-refractivity contribution in [2.24, 2.45) is 0 Å². The predicted molar refractivity (Wildman–Crippen MR) is 103 cm³/mol. The number of ketones is 1. The van der Waals surface area contributed by atoms with Crippen LogP contribution in [0.15, 0.2) is 36.2 Å². The molecule has 0 unspecified atom stereocenters. The highest BCUT2D eigenvalue weighted by Crippen LogP contribution is 2.42. The number of methoxy groups -OCH3 is 1. The fraction of sp³-hybridized carbons (Fsp3) is 0.550. The van der Waals surface area contributed by atoms with E-state index in [1.807, 2.05) is 30.3 Å². The molecule has 2 aliphatic heterocycles. The van der Waals surface area contributed by atoms with Crippen LogP contribution in [0.4, 0.5) is 0 Å². The summed E-state index contributed by atoms with van der Waals surface area (Å²) in [7, 11) is -0.199. The van der Waals surface area contributed by atoms with E-state index in [2.05, 4.69) is 38.8 Å². The normalized spacial score (nSPS) is 24.1. The Bertz CT molecular complexity index is 691. The molecule has 1 aromatic carbocycles. The van der Waals surface area contributed by atoms with Crippen molar-refractivity contribution >= 4 is 19.7 Å². The maximum Gasteiger partial charge on any atom is 0.201 e. The van der Waals surface area contributed by atoms with Crippen LogP contribution in [0.1, 0.15) is 32.8 Å². The molecule has 0 amide bonds. The van der Waals surface area contributed by atoms with E-state index in [4.69, 9.17) is 9.16 Å². The summed E-state index contributed by atoms with van der Waals surface area (Å²) in [6.07, 6.45) is 0.839. The fourth-order valence-corrected chi connectivity index (χ4v) is 4.81. The second kappa shape index (κ2) is 6.29. The van der Waals surface area contributed by atoms with E-state index in [1.165, 1.54) is 0 Å². The molecule has 0 aromatic heterocycles. The van der Waals surface area contributed by atoms with Crippen LogP contribution in [-0.4, -0.2) is 44.8 Å². The largest absolute Gasteiger partial charge is 0.482 e. The summed E-state index contributed by atoms with van der Waals surface area (Å²) in [6, 6.07) is 9.65. The van der Waals surface area contributed by atoms with Crippen molar-refractivity contribution in [3.63, 3.8) is 0 Å². The molecule has 0 radical (unpaired) electrons. The Morgan fingerprint density at radius 2 is 1.80 bits per heavy atom. The van der Waals surface area contributed by atoms with Gasteiger partial charge in [0, 0.05) is 13.0 Å². The van der Waals surface area contributed by atoms with Crippen LogP contribution in [0.5, 0.6) is 0 Å². The third-order valence-electron chi connectivity index (χ3n) is 5.81. The molecule has 25 heavy (non-hydrogen) atoms. The monoisotopic (exact) mass is 359 g/mol.